The molecule has 3 amide bonds. The zero-order chi connectivity index (χ0) is 15.9. The van der Waals surface area contributed by atoms with Crippen LogP contribution in [0.5, 0.6) is 0 Å². The first-order chi connectivity index (χ1) is 9.08. The van der Waals surface area contributed by atoms with Gasteiger partial charge in [-0.05, 0) is 0 Å². The van der Waals surface area contributed by atoms with Crippen LogP contribution >= 0.6 is 0 Å². The third-order valence-electron chi connectivity index (χ3n) is 1.99. The van der Waals surface area contributed by atoms with Crippen LogP contribution in [-0.4, -0.2) is 66.8 Å². The van der Waals surface area contributed by atoms with Crippen molar-refractivity contribution in [3.8, 4) is 6.19 Å². The van der Waals surface area contributed by atoms with Gasteiger partial charge in [-0.2, -0.15) is 5.26 Å². The van der Waals surface area contributed by atoms with Crippen molar-refractivity contribution in [2.24, 2.45) is 0 Å². The number of nitriles is 1. The molecular weight excluding hydrogens is 290 g/mol. The minimum atomic E-state index is -3.44. The van der Waals surface area contributed by atoms with Crippen LogP contribution in [0.3, 0.4) is 0 Å². The van der Waals surface area contributed by atoms with E-state index in [9.17, 15) is 22.8 Å². The molecule has 0 aliphatic rings. The summed E-state index contributed by atoms with van der Waals surface area (Å²) < 4.78 is 22.1. The predicted octanol–water partition coefficient (Wildman–Crippen LogP) is -0.967. The Bertz CT molecular complexity index is 574. The van der Waals surface area contributed by atoms with Crippen molar-refractivity contribution in [3.05, 3.63) is 12.2 Å². The van der Waals surface area contributed by atoms with E-state index in [0.29, 0.717) is 22.0 Å². The Morgan fingerprint density at radius 1 is 1.30 bits per heavy atom. The number of carbonyl (C=O) groups excluding carboxylic acids is 2. The molecule has 0 heterocycles. The Morgan fingerprint density at radius 3 is 2.25 bits per heavy atom. The molecule has 0 saturated heterocycles. The second-order valence-electron chi connectivity index (χ2n) is 3.73. The van der Waals surface area contributed by atoms with Gasteiger partial charge in [0.2, 0.25) is 0 Å². The summed E-state index contributed by atoms with van der Waals surface area (Å²) in [6, 6.07) is -1.05. The Hall–Kier alpha value is -2.41. The molecule has 0 radical (unpaired) electrons. The molecule has 0 atom stereocenters. The van der Waals surface area contributed by atoms with Crippen molar-refractivity contribution in [1.29, 1.82) is 5.26 Å². The first-order valence-corrected chi connectivity index (χ1v) is 7.22. The summed E-state index contributed by atoms with van der Waals surface area (Å²) in [6.07, 6.45) is 3.49. The van der Waals surface area contributed by atoms with Gasteiger partial charge in [-0.1, -0.05) is 0 Å². The van der Waals surface area contributed by atoms with Crippen LogP contribution in [0, 0.1) is 11.5 Å². The summed E-state index contributed by atoms with van der Waals surface area (Å²) in [4.78, 5) is 34.7. The fourth-order valence-corrected chi connectivity index (χ4v) is 1.53. The third kappa shape index (κ3) is 6.50. The number of nitrogens with zero attached hydrogens (tertiary/aromatic N) is 3. The van der Waals surface area contributed by atoms with E-state index in [1.807, 2.05) is 0 Å². The minimum Gasteiger partial charge on any atom is -0.478 e. The fraction of sp³-hybridized carbons (Fsp3) is 0.400. The Kier molecular flexibility index (Phi) is 6.37. The maximum atomic E-state index is 11.7. The molecule has 20 heavy (non-hydrogen) atoms. The number of imide groups is 1. The fourth-order valence-electron chi connectivity index (χ4n) is 1.01. The molecule has 110 valence electrons. The molecule has 0 unspecified atom stereocenters. The van der Waals surface area contributed by atoms with E-state index in [0.717, 1.165) is 13.3 Å². The lowest BCUT2D eigenvalue weighted by molar-refractivity contribution is -0.132. The largest absolute Gasteiger partial charge is 0.478 e. The summed E-state index contributed by atoms with van der Waals surface area (Å²) in [5.74, 6) is -2.92. The lowest BCUT2D eigenvalue weighted by atomic mass is 10.4. The standard InChI is InChI=1S/C10H13N3O6S/c1-12(7-11)10(17)13(5-6-20(2,18)19)8(14)3-4-9(15)16/h3-4H,5-6H2,1-2H3,(H,15,16). The lowest BCUT2D eigenvalue weighted by Crippen LogP contribution is -2.44. The Balaban J connectivity index is 5.16. The van der Waals surface area contributed by atoms with Crippen molar-refractivity contribution in [3.63, 3.8) is 0 Å². The highest BCUT2D eigenvalue weighted by Gasteiger charge is 2.24. The van der Waals surface area contributed by atoms with Crippen LogP contribution in [0.25, 0.3) is 0 Å². The normalized spacial score (nSPS) is 10.8. The molecular formula is C10H13N3O6S. The van der Waals surface area contributed by atoms with Crippen LogP contribution in [0.1, 0.15) is 0 Å². The molecule has 0 aliphatic carbocycles. The van der Waals surface area contributed by atoms with Gasteiger partial charge in [-0.15, -0.1) is 0 Å². The van der Waals surface area contributed by atoms with Gasteiger partial charge in [0.25, 0.3) is 5.91 Å². The van der Waals surface area contributed by atoms with E-state index in [1.165, 1.54) is 6.19 Å². The maximum Gasteiger partial charge on any atom is 0.339 e. The lowest BCUT2D eigenvalue weighted by Gasteiger charge is -2.21. The van der Waals surface area contributed by atoms with E-state index in [2.05, 4.69) is 0 Å². The van der Waals surface area contributed by atoms with Gasteiger partial charge in [-0.3, -0.25) is 9.69 Å². The maximum absolute atomic E-state index is 11.7. The zero-order valence-corrected chi connectivity index (χ0v) is 11.6. The van der Waals surface area contributed by atoms with Gasteiger partial charge in [0.15, 0.2) is 6.19 Å². The quantitative estimate of drug-likeness (QED) is 0.392. The first-order valence-electron chi connectivity index (χ1n) is 5.16. The molecule has 0 aromatic carbocycles. The number of hydrogen-bond acceptors (Lipinski definition) is 6. The van der Waals surface area contributed by atoms with E-state index < -0.39 is 40.0 Å². The number of carbonyl (C=O) groups is 3. The van der Waals surface area contributed by atoms with Gasteiger partial charge >= 0.3 is 12.0 Å². The summed E-state index contributed by atoms with van der Waals surface area (Å²) in [5.41, 5.74) is 0. The number of aliphatic carboxylic acids is 1. The average Bonchev–Trinajstić information content (AvgIpc) is 2.33. The molecule has 0 fully saturated rings. The summed E-state index contributed by atoms with van der Waals surface area (Å²) >= 11 is 0. The molecule has 0 spiro atoms. The number of urea groups is 1. The molecule has 1 N–H and O–H groups in total. The first kappa shape index (κ1) is 17.6. The van der Waals surface area contributed by atoms with E-state index >= 15 is 0 Å². The van der Waals surface area contributed by atoms with E-state index in [-0.39, 0.29) is 0 Å². The van der Waals surface area contributed by atoms with Crippen LogP contribution in [-0.2, 0) is 19.4 Å². The number of carboxylic acids is 1. The molecule has 9 nitrogen and oxygen atoms in total. The van der Waals surface area contributed by atoms with Crippen molar-refractivity contribution in [1.82, 2.24) is 9.80 Å². The average molecular weight is 303 g/mol. The van der Waals surface area contributed by atoms with Crippen molar-refractivity contribution in [2.45, 2.75) is 0 Å². The number of hydrogen-bond donors (Lipinski definition) is 1. The topological polar surface area (TPSA) is 136 Å². The molecule has 0 rings (SSSR count). The van der Waals surface area contributed by atoms with Gasteiger partial charge < -0.3 is 5.11 Å². The van der Waals surface area contributed by atoms with Crippen LogP contribution in [0.15, 0.2) is 12.2 Å². The molecule has 0 saturated carbocycles. The molecule has 0 aromatic heterocycles. The summed E-state index contributed by atoms with van der Waals surface area (Å²) in [5, 5.41) is 17.0. The van der Waals surface area contributed by atoms with Crippen molar-refractivity contribution in [2.75, 3.05) is 25.6 Å². The zero-order valence-electron chi connectivity index (χ0n) is 10.8. The predicted molar refractivity (Wildman–Crippen MR) is 67.0 cm³/mol. The number of sulfone groups is 1. The smallest absolute Gasteiger partial charge is 0.339 e. The van der Waals surface area contributed by atoms with E-state index in [4.69, 9.17) is 10.4 Å². The summed E-state index contributed by atoms with van der Waals surface area (Å²) in [7, 11) is -2.35. The molecule has 10 heteroatoms. The highest BCUT2D eigenvalue weighted by molar-refractivity contribution is 7.90. The van der Waals surface area contributed by atoms with Gasteiger partial charge in [0.05, 0.1) is 5.75 Å². The second-order valence-corrected chi connectivity index (χ2v) is 5.99. The number of carboxylic acid groups (broad SMARTS) is 1. The highest BCUT2D eigenvalue weighted by Crippen LogP contribution is 2.00. The third-order valence-corrected chi connectivity index (χ3v) is 2.91. The Labute approximate surface area is 115 Å². The molecule has 0 aromatic rings. The van der Waals surface area contributed by atoms with Crippen LogP contribution < -0.4 is 0 Å². The van der Waals surface area contributed by atoms with Crippen LogP contribution in [0.4, 0.5) is 4.79 Å². The van der Waals surface area contributed by atoms with Gasteiger partial charge in [0.1, 0.15) is 9.84 Å². The Morgan fingerprint density at radius 2 is 1.85 bits per heavy atom. The molecule has 0 bridgehead atoms. The number of rotatable bonds is 5. The summed E-state index contributed by atoms with van der Waals surface area (Å²) in [6.45, 7) is -0.480. The van der Waals surface area contributed by atoms with E-state index in [1.54, 1.807) is 0 Å². The monoisotopic (exact) mass is 303 g/mol. The SMILES string of the molecule is CN(C#N)C(=O)N(CCS(C)(=O)=O)C(=O)C=CC(=O)O. The van der Waals surface area contributed by atoms with Gasteiger partial charge in [0, 0.05) is 32.0 Å². The van der Waals surface area contributed by atoms with Gasteiger partial charge in [-0.25, -0.2) is 22.9 Å². The number of amides is 3. The van der Waals surface area contributed by atoms with Crippen molar-refractivity contribution >= 4 is 27.7 Å². The second kappa shape index (κ2) is 7.25. The van der Waals surface area contributed by atoms with Crippen molar-refractivity contribution < 1.29 is 27.9 Å². The minimum absolute atomic E-state index is 0.476. The molecule has 0 aliphatic heterocycles. The van der Waals surface area contributed by atoms with Crippen LogP contribution in [0.2, 0.25) is 0 Å². The highest BCUT2D eigenvalue weighted by atomic mass is 32.2.